The van der Waals surface area contributed by atoms with E-state index in [1.807, 2.05) is 10.6 Å². The van der Waals surface area contributed by atoms with E-state index in [0.717, 1.165) is 11.4 Å². The zero-order valence-electron chi connectivity index (χ0n) is 9.91. The van der Waals surface area contributed by atoms with Crippen molar-refractivity contribution in [3.8, 4) is 11.4 Å². The molecule has 0 saturated carbocycles. The van der Waals surface area contributed by atoms with Gasteiger partial charge >= 0.3 is 0 Å². The minimum Gasteiger partial charge on any atom is -0.308 e. The van der Waals surface area contributed by atoms with Gasteiger partial charge in [-0.05, 0) is 39.0 Å². The van der Waals surface area contributed by atoms with Crippen LogP contribution in [0.1, 0.15) is 20.8 Å². The van der Waals surface area contributed by atoms with Gasteiger partial charge in [0.15, 0.2) is 5.82 Å². The molecule has 2 aromatic rings. The van der Waals surface area contributed by atoms with E-state index in [4.69, 9.17) is 23.2 Å². The number of rotatable bonds is 1. The van der Waals surface area contributed by atoms with Gasteiger partial charge in [-0.1, -0.05) is 23.2 Å². The number of nitrogens with zero attached hydrogens (tertiary/aromatic N) is 3. The smallest absolute Gasteiger partial charge is 0.165 e. The summed E-state index contributed by atoms with van der Waals surface area (Å²) in [6, 6.07) is 5.36. The summed E-state index contributed by atoms with van der Waals surface area (Å²) in [5.74, 6) is 0.749. The molecule has 0 amide bonds. The molecule has 0 unspecified atom stereocenters. The molecule has 0 saturated heterocycles. The molecule has 1 heterocycles. The molecule has 0 radical (unpaired) electrons. The summed E-state index contributed by atoms with van der Waals surface area (Å²) in [6.45, 7) is 6.26. The number of benzene rings is 1. The Morgan fingerprint density at radius 1 is 1.18 bits per heavy atom. The van der Waals surface area contributed by atoms with E-state index in [-0.39, 0.29) is 5.54 Å². The van der Waals surface area contributed by atoms with Crippen LogP contribution < -0.4 is 0 Å². The van der Waals surface area contributed by atoms with E-state index in [1.54, 1.807) is 18.5 Å². The molecule has 0 atom stereocenters. The summed E-state index contributed by atoms with van der Waals surface area (Å²) in [4.78, 5) is 0. The van der Waals surface area contributed by atoms with Crippen LogP contribution in [0.2, 0.25) is 10.0 Å². The van der Waals surface area contributed by atoms with Gasteiger partial charge in [-0.2, -0.15) is 0 Å². The Labute approximate surface area is 110 Å². The van der Waals surface area contributed by atoms with Gasteiger partial charge in [0, 0.05) is 16.1 Å². The molecule has 0 spiro atoms. The maximum atomic E-state index is 6.18. The fourth-order valence-electron chi connectivity index (χ4n) is 1.58. The van der Waals surface area contributed by atoms with Crippen LogP contribution >= 0.6 is 23.2 Å². The Bertz CT molecular complexity index is 541. The van der Waals surface area contributed by atoms with Crippen LogP contribution in [0.15, 0.2) is 24.5 Å². The average Bonchev–Trinajstić information content (AvgIpc) is 2.65. The van der Waals surface area contributed by atoms with Crippen molar-refractivity contribution in [2.24, 2.45) is 0 Å². The Kier molecular flexibility index (Phi) is 3.15. The number of aromatic nitrogens is 3. The van der Waals surface area contributed by atoms with Gasteiger partial charge in [-0.3, -0.25) is 0 Å². The average molecular weight is 270 g/mol. The first-order valence-corrected chi connectivity index (χ1v) is 6.01. The van der Waals surface area contributed by atoms with Gasteiger partial charge < -0.3 is 4.57 Å². The van der Waals surface area contributed by atoms with Crippen LogP contribution in [-0.4, -0.2) is 14.8 Å². The molecule has 90 valence electrons. The maximum Gasteiger partial charge on any atom is 0.165 e. The third-order valence-corrected chi connectivity index (χ3v) is 2.99. The van der Waals surface area contributed by atoms with E-state index in [9.17, 15) is 0 Å². The van der Waals surface area contributed by atoms with E-state index in [1.165, 1.54) is 0 Å². The molecule has 0 aliphatic heterocycles. The predicted octanol–water partition coefficient (Wildman–Crippen LogP) is 4.01. The lowest BCUT2D eigenvalue weighted by Crippen LogP contribution is -2.21. The second-order valence-corrected chi connectivity index (χ2v) is 5.66. The minimum atomic E-state index is -0.0954. The van der Waals surface area contributed by atoms with Gasteiger partial charge in [0.25, 0.3) is 0 Å². The first-order chi connectivity index (χ1) is 7.89. The van der Waals surface area contributed by atoms with Crippen LogP contribution in [0.25, 0.3) is 11.4 Å². The summed E-state index contributed by atoms with van der Waals surface area (Å²) < 4.78 is 1.99. The van der Waals surface area contributed by atoms with Crippen LogP contribution in [0, 0.1) is 0 Å². The molecule has 1 aromatic heterocycles. The highest BCUT2D eigenvalue weighted by atomic mass is 35.5. The van der Waals surface area contributed by atoms with Crippen molar-refractivity contribution in [1.82, 2.24) is 14.8 Å². The zero-order chi connectivity index (χ0) is 12.6. The van der Waals surface area contributed by atoms with E-state index in [2.05, 4.69) is 31.0 Å². The fraction of sp³-hybridized carbons (Fsp3) is 0.333. The van der Waals surface area contributed by atoms with E-state index >= 15 is 0 Å². The highest BCUT2D eigenvalue weighted by Gasteiger charge is 2.20. The number of hydrogen-bond acceptors (Lipinski definition) is 2. The molecule has 0 N–H and O–H groups in total. The number of halogens is 2. The van der Waals surface area contributed by atoms with Crippen molar-refractivity contribution in [3.63, 3.8) is 0 Å². The summed E-state index contributed by atoms with van der Waals surface area (Å²) in [5, 5.41) is 9.27. The molecule has 0 bridgehead atoms. The summed E-state index contributed by atoms with van der Waals surface area (Å²) in [5.41, 5.74) is 0.741. The van der Waals surface area contributed by atoms with Crippen molar-refractivity contribution in [3.05, 3.63) is 34.6 Å². The zero-order valence-corrected chi connectivity index (χ0v) is 11.4. The highest BCUT2D eigenvalue weighted by molar-refractivity contribution is 6.36. The standard InChI is InChI=1S/C12H13Cl2N3/c1-12(2,3)17-7-15-16-11(17)9-5-4-8(13)6-10(9)14/h4-7H,1-3H3. The van der Waals surface area contributed by atoms with Crippen molar-refractivity contribution in [2.75, 3.05) is 0 Å². The molecule has 5 heteroatoms. The Balaban J connectivity index is 2.58. The molecule has 0 fully saturated rings. The van der Waals surface area contributed by atoms with Crippen LogP contribution in [-0.2, 0) is 5.54 Å². The lowest BCUT2D eigenvalue weighted by atomic mass is 10.1. The lowest BCUT2D eigenvalue weighted by Gasteiger charge is -2.22. The van der Waals surface area contributed by atoms with Crippen molar-refractivity contribution < 1.29 is 0 Å². The van der Waals surface area contributed by atoms with E-state index < -0.39 is 0 Å². The van der Waals surface area contributed by atoms with Crippen molar-refractivity contribution in [1.29, 1.82) is 0 Å². The predicted molar refractivity (Wildman–Crippen MR) is 70.5 cm³/mol. The second-order valence-electron chi connectivity index (χ2n) is 4.82. The first-order valence-electron chi connectivity index (χ1n) is 5.25. The number of hydrogen-bond donors (Lipinski definition) is 0. The van der Waals surface area contributed by atoms with E-state index in [0.29, 0.717) is 10.0 Å². The monoisotopic (exact) mass is 269 g/mol. The molecule has 0 aliphatic carbocycles. The van der Waals surface area contributed by atoms with Gasteiger partial charge in [0.2, 0.25) is 0 Å². The largest absolute Gasteiger partial charge is 0.308 e. The summed E-state index contributed by atoms with van der Waals surface area (Å²) in [6.07, 6.45) is 1.71. The van der Waals surface area contributed by atoms with Gasteiger partial charge in [0.05, 0.1) is 5.02 Å². The second kappa shape index (κ2) is 4.31. The minimum absolute atomic E-state index is 0.0954. The first kappa shape index (κ1) is 12.4. The van der Waals surface area contributed by atoms with Crippen LogP contribution in [0.3, 0.4) is 0 Å². The SMILES string of the molecule is CC(C)(C)n1cnnc1-c1ccc(Cl)cc1Cl. The Hall–Kier alpha value is -1.06. The van der Waals surface area contributed by atoms with Gasteiger partial charge in [-0.15, -0.1) is 10.2 Å². The molecule has 0 aliphatic rings. The van der Waals surface area contributed by atoms with Crippen molar-refractivity contribution in [2.45, 2.75) is 26.3 Å². The third kappa shape index (κ3) is 2.45. The highest BCUT2D eigenvalue weighted by Crippen LogP contribution is 2.31. The molecule has 1 aromatic carbocycles. The molecule has 3 nitrogen and oxygen atoms in total. The van der Waals surface area contributed by atoms with Crippen LogP contribution in [0.4, 0.5) is 0 Å². The summed E-state index contributed by atoms with van der Waals surface area (Å²) in [7, 11) is 0. The third-order valence-electron chi connectivity index (χ3n) is 2.44. The van der Waals surface area contributed by atoms with Crippen LogP contribution in [0.5, 0.6) is 0 Å². The topological polar surface area (TPSA) is 30.7 Å². The fourth-order valence-corrected chi connectivity index (χ4v) is 2.07. The molecule has 17 heavy (non-hydrogen) atoms. The Morgan fingerprint density at radius 3 is 2.47 bits per heavy atom. The summed E-state index contributed by atoms with van der Waals surface area (Å²) >= 11 is 12.1. The molecular formula is C12H13Cl2N3. The molecule has 2 rings (SSSR count). The quantitative estimate of drug-likeness (QED) is 0.783. The molecular weight excluding hydrogens is 257 g/mol. The maximum absolute atomic E-state index is 6.18. The Morgan fingerprint density at radius 2 is 1.88 bits per heavy atom. The normalized spacial score (nSPS) is 11.8. The van der Waals surface area contributed by atoms with Gasteiger partial charge in [-0.25, -0.2) is 0 Å². The lowest BCUT2D eigenvalue weighted by molar-refractivity contribution is 0.400. The van der Waals surface area contributed by atoms with Gasteiger partial charge in [0.1, 0.15) is 6.33 Å². The van der Waals surface area contributed by atoms with Crippen molar-refractivity contribution >= 4 is 23.2 Å².